The van der Waals surface area contributed by atoms with Crippen molar-refractivity contribution in [1.29, 1.82) is 0 Å². The second kappa shape index (κ2) is 9.54. The van der Waals surface area contributed by atoms with Crippen LogP contribution in [0.5, 0.6) is 0 Å². The Bertz CT molecular complexity index is 2120. The van der Waals surface area contributed by atoms with E-state index in [1.54, 1.807) is 0 Å². The van der Waals surface area contributed by atoms with Crippen molar-refractivity contribution in [1.82, 2.24) is 19.5 Å². The lowest BCUT2D eigenvalue weighted by Crippen LogP contribution is -1.94. The minimum atomic E-state index is 0.855. The Labute approximate surface area is 237 Å². The minimum Gasteiger partial charge on any atom is -0.309 e. The van der Waals surface area contributed by atoms with E-state index in [1.165, 1.54) is 27.2 Å². The Morgan fingerprint density at radius 3 is 1.88 bits per heavy atom. The van der Waals surface area contributed by atoms with Gasteiger partial charge in [-0.3, -0.25) is 15.0 Å². The van der Waals surface area contributed by atoms with Gasteiger partial charge in [-0.05, 0) is 58.3 Å². The van der Waals surface area contributed by atoms with Crippen LogP contribution in [0.3, 0.4) is 0 Å². The molecule has 4 aromatic heterocycles. The number of hydrogen-bond acceptors (Lipinski definition) is 3. The minimum absolute atomic E-state index is 0.855. The molecule has 0 unspecified atom stereocenters. The normalized spacial score (nSPS) is 11.4. The van der Waals surface area contributed by atoms with Crippen LogP contribution in [0.1, 0.15) is 0 Å². The zero-order valence-electron chi connectivity index (χ0n) is 22.1. The lowest BCUT2D eigenvalue weighted by molar-refractivity contribution is 1.17. The zero-order chi connectivity index (χ0) is 27.2. The topological polar surface area (TPSA) is 43.6 Å². The summed E-state index contributed by atoms with van der Waals surface area (Å²) < 4.78 is 2.30. The van der Waals surface area contributed by atoms with Gasteiger partial charge >= 0.3 is 0 Å². The first kappa shape index (κ1) is 23.3. The summed E-state index contributed by atoms with van der Waals surface area (Å²) in [4.78, 5) is 13.9. The average molecular weight is 525 g/mol. The number of aromatic nitrogens is 4. The molecule has 4 nitrogen and oxygen atoms in total. The fourth-order valence-corrected chi connectivity index (χ4v) is 5.79. The van der Waals surface area contributed by atoms with Gasteiger partial charge in [0.15, 0.2) is 0 Å². The van der Waals surface area contributed by atoms with Crippen molar-refractivity contribution in [3.05, 3.63) is 146 Å². The maximum Gasteiger partial charge on any atom is 0.0886 e. The fourth-order valence-electron chi connectivity index (χ4n) is 5.79. The van der Waals surface area contributed by atoms with Gasteiger partial charge in [-0.1, -0.05) is 84.9 Å². The molecule has 0 fully saturated rings. The predicted octanol–water partition coefficient (Wildman–Crippen LogP) is 9.12. The van der Waals surface area contributed by atoms with Gasteiger partial charge in [-0.2, -0.15) is 0 Å². The van der Waals surface area contributed by atoms with Crippen LogP contribution >= 0.6 is 0 Å². The second-order valence-electron chi connectivity index (χ2n) is 10.2. The van der Waals surface area contributed by atoms with Gasteiger partial charge in [0, 0.05) is 52.4 Å². The predicted molar refractivity (Wildman–Crippen MR) is 168 cm³/mol. The molecule has 0 spiro atoms. The molecule has 8 aromatic rings. The molecule has 0 aliphatic carbocycles. The first-order valence-corrected chi connectivity index (χ1v) is 13.7. The van der Waals surface area contributed by atoms with E-state index in [9.17, 15) is 0 Å². The summed E-state index contributed by atoms with van der Waals surface area (Å²) in [5.74, 6) is 0. The van der Waals surface area contributed by atoms with Crippen molar-refractivity contribution < 1.29 is 0 Å². The number of hydrogen-bond donors (Lipinski definition) is 0. The van der Waals surface area contributed by atoms with E-state index < -0.39 is 0 Å². The second-order valence-corrected chi connectivity index (χ2v) is 10.2. The maximum absolute atomic E-state index is 4.76. The van der Waals surface area contributed by atoms with E-state index in [2.05, 4.69) is 125 Å². The third-order valence-electron chi connectivity index (χ3n) is 7.82. The number of pyridine rings is 3. The van der Waals surface area contributed by atoms with E-state index >= 15 is 0 Å². The van der Waals surface area contributed by atoms with Gasteiger partial charge in [0.1, 0.15) is 0 Å². The monoisotopic (exact) mass is 524 g/mol. The molecular weight excluding hydrogens is 500 g/mol. The number of nitrogens with zero attached hydrogens (tertiary/aromatic N) is 4. The Balaban J connectivity index is 1.08. The Hall–Kier alpha value is -5.61. The van der Waals surface area contributed by atoms with Crippen LogP contribution < -0.4 is 0 Å². The van der Waals surface area contributed by atoms with Gasteiger partial charge in [0.25, 0.3) is 0 Å². The molecule has 0 atom stereocenters. The van der Waals surface area contributed by atoms with Crippen LogP contribution in [-0.4, -0.2) is 19.5 Å². The number of para-hydroxylation sites is 1. The molecule has 8 rings (SSSR count). The van der Waals surface area contributed by atoms with Crippen molar-refractivity contribution in [2.75, 3.05) is 0 Å². The van der Waals surface area contributed by atoms with Crippen LogP contribution in [0.4, 0.5) is 0 Å². The van der Waals surface area contributed by atoms with Crippen LogP contribution in [0, 0.1) is 0 Å². The molecule has 41 heavy (non-hydrogen) atoms. The van der Waals surface area contributed by atoms with Crippen molar-refractivity contribution in [2.45, 2.75) is 0 Å². The SMILES string of the molecule is c1ccc2c(-c3ccc(-c4ccc(-c5ccc(-n6c7ccccc7c7cnccc76)cc5)cn4)nc3)cccc2c1. The highest BCUT2D eigenvalue weighted by molar-refractivity contribution is 6.08. The average Bonchev–Trinajstić information content (AvgIpc) is 3.39. The summed E-state index contributed by atoms with van der Waals surface area (Å²) in [6.07, 6.45) is 7.67. The fraction of sp³-hybridized carbons (Fsp3) is 0. The lowest BCUT2D eigenvalue weighted by atomic mass is 9.99. The smallest absolute Gasteiger partial charge is 0.0886 e. The highest BCUT2D eigenvalue weighted by Crippen LogP contribution is 2.33. The van der Waals surface area contributed by atoms with Crippen LogP contribution in [0.25, 0.3) is 71.9 Å². The Kier molecular flexibility index (Phi) is 5.42. The Morgan fingerprint density at radius 1 is 0.439 bits per heavy atom. The largest absolute Gasteiger partial charge is 0.309 e. The van der Waals surface area contributed by atoms with E-state index in [1.807, 2.05) is 30.9 Å². The lowest BCUT2D eigenvalue weighted by Gasteiger charge is -2.10. The van der Waals surface area contributed by atoms with Gasteiger partial charge in [0.05, 0.1) is 22.4 Å². The van der Waals surface area contributed by atoms with Crippen molar-refractivity contribution in [3.8, 4) is 39.3 Å². The molecule has 4 heteroatoms. The Morgan fingerprint density at radius 2 is 1.10 bits per heavy atom. The molecule has 4 aromatic carbocycles. The molecule has 0 saturated carbocycles. The third-order valence-corrected chi connectivity index (χ3v) is 7.82. The van der Waals surface area contributed by atoms with Gasteiger partial charge in [-0.15, -0.1) is 0 Å². The summed E-state index contributed by atoms with van der Waals surface area (Å²) >= 11 is 0. The summed E-state index contributed by atoms with van der Waals surface area (Å²) in [7, 11) is 0. The highest BCUT2D eigenvalue weighted by Gasteiger charge is 2.12. The van der Waals surface area contributed by atoms with Gasteiger partial charge < -0.3 is 4.57 Å². The molecule has 0 bridgehead atoms. The molecule has 0 aliphatic heterocycles. The number of rotatable bonds is 4. The molecule has 0 N–H and O–H groups in total. The molecule has 4 heterocycles. The van der Waals surface area contributed by atoms with Crippen LogP contribution in [-0.2, 0) is 0 Å². The van der Waals surface area contributed by atoms with Crippen molar-refractivity contribution >= 4 is 32.6 Å². The van der Waals surface area contributed by atoms with E-state index in [0.717, 1.165) is 44.7 Å². The summed E-state index contributed by atoms with van der Waals surface area (Å²) in [5, 5.41) is 4.82. The zero-order valence-corrected chi connectivity index (χ0v) is 22.1. The quantitative estimate of drug-likeness (QED) is 0.231. The standard InChI is InChI=1S/C37H24N4/c1-2-8-30-26(6-1)7-5-10-31(30)28-15-19-35(40-23-28)34-18-14-27(22-39-34)25-12-16-29(17-13-25)41-36-11-4-3-9-32(36)33-24-38-21-20-37(33)41/h1-24H. The molecular formula is C37H24N4. The maximum atomic E-state index is 4.76. The van der Waals surface area contributed by atoms with Crippen LogP contribution in [0.15, 0.2) is 146 Å². The molecule has 0 aliphatic rings. The molecule has 192 valence electrons. The summed E-state index contributed by atoms with van der Waals surface area (Å²) in [6.45, 7) is 0. The van der Waals surface area contributed by atoms with E-state index in [0.29, 0.717) is 0 Å². The first-order valence-electron chi connectivity index (χ1n) is 13.7. The van der Waals surface area contributed by atoms with Crippen LogP contribution in [0.2, 0.25) is 0 Å². The van der Waals surface area contributed by atoms with Crippen molar-refractivity contribution in [3.63, 3.8) is 0 Å². The molecule has 0 radical (unpaired) electrons. The number of benzene rings is 4. The van der Waals surface area contributed by atoms with Crippen molar-refractivity contribution in [2.24, 2.45) is 0 Å². The third kappa shape index (κ3) is 3.97. The molecule has 0 saturated heterocycles. The molecule has 0 amide bonds. The summed E-state index contributed by atoms with van der Waals surface area (Å²) in [6, 6.07) is 42.4. The first-order chi connectivity index (χ1) is 20.3. The van der Waals surface area contributed by atoms with Gasteiger partial charge in [-0.25, -0.2) is 0 Å². The number of fused-ring (bicyclic) bond motifs is 4. The van der Waals surface area contributed by atoms with Gasteiger partial charge in [0.2, 0.25) is 0 Å². The highest BCUT2D eigenvalue weighted by atomic mass is 15.0. The van der Waals surface area contributed by atoms with E-state index in [-0.39, 0.29) is 0 Å². The van der Waals surface area contributed by atoms with E-state index in [4.69, 9.17) is 9.97 Å². The summed E-state index contributed by atoms with van der Waals surface area (Å²) in [5.41, 5.74) is 9.63.